The minimum Gasteiger partial charge on any atom is -0.228 e. The van der Waals surface area contributed by atoms with E-state index in [0.29, 0.717) is 5.82 Å². The molecule has 2 nitrogen and oxygen atoms in total. The standard InChI is InChI=1S/C52H34N2S/c1-4-15-35(16-5-1)38-21-14-22-40(29-38)52-53-48(37-19-8-3-9-20-37)34-49(54-52)43-31-41(39-27-28-51-47(33-39)46-25-12-13-26-50(46)55-51)30-42(32-43)45-24-11-10-23-44(45)36-17-6-2-7-18-36/h1-34H. The zero-order chi connectivity index (χ0) is 36.6. The van der Waals surface area contributed by atoms with Gasteiger partial charge in [0.05, 0.1) is 11.4 Å². The second kappa shape index (κ2) is 14.1. The molecule has 8 aromatic carbocycles. The highest BCUT2D eigenvalue weighted by atomic mass is 32.1. The highest BCUT2D eigenvalue weighted by molar-refractivity contribution is 7.25. The molecule has 0 unspecified atom stereocenters. The predicted octanol–water partition coefficient (Wildman–Crippen LogP) is 14.5. The van der Waals surface area contributed by atoms with Gasteiger partial charge in [-0.15, -0.1) is 11.3 Å². The van der Waals surface area contributed by atoms with Crippen molar-refractivity contribution in [1.29, 1.82) is 0 Å². The van der Waals surface area contributed by atoms with Crippen LogP contribution in [0.1, 0.15) is 0 Å². The van der Waals surface area contributed by atoms with Crippen LogP contribution in [0.2, 0.25) is 0 Å². The van der Waals surface area contributed by atoms with E-state index in [0.717, 1.165) is 50.3 Å². The number of benzene rings is 8. The first-order valence-corrected chi connectivity index (χ1v) is 19.4. The third kappa shape index (κ3) is 6.41. The van der Waals surface area contributed by atoms with Crippen LogP contribution in [0.4, 0.5) is 0 Å². The highest BCUT2D eigenvalue weighted by Gasteiger charge is 2.16. The van der Waals surface area contributed by atoms with Gasteiger partial charge in [-0.25, -0.2) is 9.97 Å². The second-order valence-corrected chi connectivity index (χ2v) is 14.9. The van der Waals surface area contributed by atoms with Gasteiger partial charge in [-0.3, -0.25) is 0 Å². The second-order valence-electron chi connectivity index (χ2n) is 13.8. The van der Waals surface area contributed by atoms with Gasteiger partial charge in [0.25, 0.3) is 0 Å². The van der Waals surface area contributed by atoms with E-state index in [9.17, 15) is 0 Å². The minimum atomic E-state index is 0.692. The van der Waals surface area contributed by atoms with Crippen LogP contribution in [0.5, 0.6) is 0 Å². The monoisotopic (exact) mass is 718 g/mol. The molecule has 0 atom stereocenters. The van der Waals surface area contributed by atoms with Crippen LogP contribution < -0.4 is 0 Å². The molecule has 0 spiro atoms. The van der Waals surface area contributed by atoms with Crippen LogP contribution in [0.3, 0.4) is 0 Å². The van der Waals surface area contributed by atoms with E-state index < -0.39 is 0 Å². The Bertz CT molecular complexity index is 2970. The quantitative estimate of drug-likeness (QED) is 0.164. The van der Waals surface area contributed by atoms with Crippen LogP contribution in [-0.2, 0) is 0 Å². The van der Waals surface area contributed by atoms with Gasteiger partial charge in [0.2, 0.25) is 0 Å². The zero-order valence-electron chi connectivity index (χ0n) is 29.9. The summed E-state index contributed by atoms with van der Waals surface area (Å²) in [5, 5.41) is 2.57. The SMILES string of the molecule is c1ccc(-c2cccc(-c3nc(-c4ccccc4)cc(-c4cc(-c5ccc6sc7ccccc7c6c5)cc(-c5ccccc5-c5ccccc5)c4)n3)c2)cc1. The fraction of sp³-hybridized carbons (Fsp3) is 0. The third-order valence-electron chi connectivity index (χ3n) is 10.3. The summed E-state index contributed by atoms with van der Waals surface area (Å²) in [5.74, 6) is 0.692. The predicted molar refractivity (Wildman–Crippen MR) is 233 cm³/mol. The van der Waals surface area contributed by atoms with E-state index in [1.165, 1.54) is 42.4 Å². The molecule has 0 saturated heterocycles. The number of fused-ring (bicyclic) bond motifs is 3. The van der Waals surface area contributed by atoms with Crippen molar-refractivity contribution < 1.29 is 0 Å². The molecule has 55 heavy (non-hydrogen) atoms. The van der Waals surface area contributed by atoms with E-state index in [2.05, 4.69) is 194 Å². The molecule has 0 N–H and O–H groups in total. The lowest BCUT2D eigenvalue weighted by Crippen LogP contribution is -1.97. The minimum absolute atomic E-state index is 0.692. The Balaban J connectivity index is 1.20. The van der Waals surface area contributed by atoms with Gasteiger partial charge >= 0.3 is 0 Å². The molecule has 10 aromatic rings. The summed E-state index contributed by atoms with van der Waals surface area (Å²) in [7, 11) is 0. The fourth-order valence-corrected chi connectivity index (χ4v) is 8.64. The van der Waals surface area contributed by atoms with Gasteiger partial charge in [-0.2, -0.15) is 0 Å². The van der Waals surface area contributed by atoms with Gasteiger partial charge < -0.3 is 0 Å². The van der Waals surface area contributed by atoms with Crippen molar-refractivity contribution in [1.82, 2.24) is 9.97 Å². The van der Waals surface area contributed by atoms with Crippen LogP contribution in [0.15, 0.2) is 206 Å². The smallest absolute Gasteiger partial charge is 0.160 e. The zero-order valence-corrected chi connectivity index (χ0v) is 30.7. The van der Waals surface area contributed by atoms with Crippen molar-refractivity contribution >= 4 is 31.5 Å². The van der Waals surface area contributed by atoms with Crippen molar-refractivity contribution in [2.45, 2.75) is 0 Å². The maximum absolute atomic E-state index is 5.36. The van der Waals surface area contributed by atoms with Crippen molar-refractivity contribution in [2.75, 3.05) is 0 Å². The number of nitrogens with zero attached hydrogens (tertiary/aromatic N) is 2. The third-order valence-corrected chi connectivity index (χ3v) is 11.4. The topological polar surface area (TPSA) is 25.8 Å². The maximum Gasteiger partial charge on any atom is 0.160 e. The van der Waals surface area contributed by atoms with E-state index in [4.69, 9.17) is 9.97 Å². The molecule has 2 heterocycles. The lowest BCUT2D eigenvalue weighted by atomic mass is 9.90. The number of thiophene rings is 1. The summed E-state index contributed by atoms with van der Waals surface area (Å²) < 4.78 is 2.60. The molecule has 0 aliphatic heterocycles. The van der Waals surface area contributed by atoms with Crippen molar-refractivity contribution in [2.24, 2.45) is 0 Å². The number of hydrogen-bond acceptors (Lipinski definition) is 3. The van der Waals surface area contributed by atoms with E-state index in [-0.39, 0.29) is 0 Å². The summed E-state index contributed by atoms with van der Waals surface area (Å²) in [4.78, 5) is 10.6. The largest absolute Gasteiger partial charge is 0.228 e. The Morgan fingerprint density at radius 1 is 0.273 bits per heavy atom. The molecule has 0 aliphatic rings. The van der Waals surface area contributed by atoms with Gasteiger partial charge in [0, 0.05) is 36.9 Å². The number of aromatic nitrogens is 2. The lowest BCUT2D eigenvalue weighted by molar-refractivity contribution is 1.18. The molecule has 3 heteroatoms. The van der Waals surface area contributed by atoms with Crippen LogP contribution in [0.25, 0.3) is 98.6 Å². The molecule has 0 fully saturated rings. The molecular weight excluding hydrogens is 685 g/mol. The normalized spacial score (nSPS) is 11.3. The van der Waals surface area contributed by atoms with E-state index in [1.54, 1.807) is 0 Å². The maximum atomic E-state index is 5.36. The van der Waals surface area contributed by atoms with Gasteiger partial charge in [0.15, 0.2) is 5.82 Å². The fourth-order valence-electron chi connectivity index (χ4n) is 7.56. The Morgan fingerprint density at radius 3 is 1.55 bits per heavy atom. The summed E-state index contributed by atoms with van der Waals surface area (Å²) in [6.07, 6.45) is 0. The van der Waals surface area contributed by atoms with Crippen LogP contribution in [-0.4, -0.2) is 9.97 Å². The van der Waals surface area contributed by atoms with Gasteiger partial charge in [-0.05, 0) is 93.0 Å². The molecule has 10 rings (SSSR count). The Kier molecular flexibility index (Phi) is 8.40. The van der Waals surface area contributed by atoms with Crippen LogP contribution >= 0.6 is 11.3 Å². The van der Waals surface area contributed by atoms with Crippen molar-refractivity contribution in [3.8, 4) is 78.4 Å². The Hall–Kier alpha value is -6.94. The summed E-state index contributed by atoms with van der Waals surface area (Å²) in [6.45, 7) is 0. The first-order chi connectivity index (χ1) is 27.2. The van der Waals surface area contributed by atoms with Crippen molar-refractivity contribution in [3.05, 3.63) is 206 Å². The average molecular weight is 719 g/mol. The first-order valence-electron chi connectivity index (χ1n) is 18.6. The van der Waals surface area contributed by atoms with E-state index >= 15 is 0 Å². The van der Waals surface area contributed by atoms with Gasteiger partial charge in [-0.1, -0.05) is 158 Å². The highest BCUT2D eigenvalue weighted by Crippen LogP contribution is 2.41. The molecule has 0 amide bonds. The number of rotatable bonds is 7. The Labute approximate surface area is 324 Å². The van der Waals surface area contributed by atoms with E-state index in [1.807, 2.05) is 23.5 Å². The van der Waals surface area contributed by atoms with Crippen LogP contribution in [0, 0.1) is 0 Å². The number of hydrogen-bond donors (Lipinski definition) is 0. The molecule has 2 aromatic heterocycles. The molecule has 0 saturated carbocycles. The Morgan fingerprint density at radius 2 is 0.782 bits per heavy atom. The molecule has 258 valence electrons. The van der Waals surface area contributed by atoms with Gasteiger partial charge in [0.1, 0.15) is 0 Å². The molecule has 0 radical (unpaired) electrons. The molecule has 0 aliphatic carbocycles. The van der Waals surface area contributed by atoms with Crippen molar-refractivity contribution in [3.63, 3.8) is 0 Å². The lowest BCUT2D eigenvalue weighted by Gasteiger charge is -2.15. The molecular formula is C52H34N2S. The molecule has 0 bridgehead atoms. The summed E-state index contributed by atoms with van der Waals surface area (Å²) >= 11 is 1.85. The summed E-state index contributed by atoms with van der Waals surface area (Å²) in [5.41, 5.74) is 14.1. The average Bonchev–Trinajstić information content (AvgIpc) is 3.65. The summed E-state index contributed by atoms with van der Waals surface area (Å²) in [6, 6.07) is 73.5. The first kappa shape index (κ1) is 32.7.